The molecule has 1 saturated heterocycles. The van der Waals surface area contributed by atoms with Gasteiger partial charge in [0.25, 0.3) is 0 Å². The van der Waals surface area contributed by atoms with Crippen LogP contribution in [0.1, 0.15) is 18.0 Å². The van der Waals surface area contributed by atoms with Gasteiger partial charge in [0.05, 0.1) is 6.42 Å². The lowest BCUT2D eigenvalue weighted by molar-refractivity contribution is -0.149. The van der Waals surface area contributed by atoms with Crippen molar-refractivity contribution < 1.29 is 17.6 Å². The van der Waals surface area contributed by atoms with Crippen LogP contribution >= 0.6 is 15.9 Å². The number of hydrogen-bond donors (Lipinski definition) is 1. The van der Waals surface area contributed by atoms with Gasteiger partial charge in [-0.2, -0.15) is 13.2 Å². The van der Waals surface area contributed by atoms with E-state index in [1.807, 2.05) is 0 Å². The van der Waals surface area contributed by atoms with Crippen molar-refractivity contribution in [2.24, 2.45) is 0 Å². The zero-order valence-electron chi connectivity index (χ0n) is 10.7. The Morgan fingerprint density at radius 2 is 1.90 bits per heavy atom. The van der Waals surface area contributed by atoms with Crippen molar-refractivity contribution in [3.63, 3.8) is 0 Å². The van der Waals surface area contributed by atoms with E-state index in [1.54, 1.807) is 11.0 Å². The number of benzene rings is 1. The van der Waals surface area contributed by atoms with E-state index >= 15 is 0 Å². The quantitative estimate of drug-likeness (QED) is 0.836. The molecule has 0 unspecified atom stereocenters. The molecule has 0 amide bonds. The molecule has 112 valence electrons. The fourth-order valence-electron chi connectivity index (χ4n) is 2.46. The van der Waals surface area contributed by atoms with Gasteiger partial charge in [-0.05, 0) is 12.1 Å². The lowest BCUT2D eigenvalue weighted by atomic mass is 10.00. The molecule has 0 radical (unpaired) electrons. The molecule has 0 spiro atoms. The Hall–Kier alpha value is -0.660. The third-order valence-electron chi connectivity index (χ3n) is 3.35. The Labute approximate surface area is 123 Å². The lowest BCUT2D eigenvalue weighted by Gasteiger charge is -2.36. The third kappa shape index (κ3) is 3.93. The summed E-state index contributed by atoms with van der Waals surface area (Å²) in [6.07, 6.45) is -5.39. The van der Waals surface area contributed by atoms with E-state index in [0.717, 1.165) is 0 Å². The minimum Gasteiger partial charge on any atom is -0.314 e. The number of piperazine rings is 1. The molecule has 1 atom stereocenters. The second-order valence-corrected chi connectivity index (χ2v) is 5.61. The van der Waals surface area contributed by atoms with E-state index in [0.29, 0.717) is 30.7 Å². The molecule has 1 aromatic rings. The number of hydrogen-bond acceptors (Lipinski definition) is 2. The minimum absolute atomic E-state index is 0.0896. The predicted molar refractivity (Wildman–Crippen MR) is 72.0 cm³/mol. The van der Waals surface area contributed by atoms with Gasteiger partial charge in [-0.1, -0.05) is 22.0 Å². The average molecular weight is 355 g/mol. The number of nitrogens with one attached hydrogen (secondary N) is 1. The maximum absolute atomic E-state index is 14.0. The van der Waals surface area contributed by atoms with Crippen molar-refractivity contribution in [3.05, 3.63) is 34.1 Å². The van der Waals surface area contributed by atoms with Crippen LogP contribution in [0, 0.1) is 5.82 Å². The van der Waals surface area contributed by atoms with Crippen LogP contribution in [0.5, 0.6) is 0 Å². The van der Waals surface area contributed by atoms with Gasteiger partial charge in [0, 0.05) is 42.3 Å². The Balaban J connectivity index is 2.34. The standard InChI is InChI=1S/C13H15BrF4N2/c14-9-2-1-3-10(15)12(9)11(8-13(16,17)18)20-6-4-19-5-7-20/h1-3,11,19H,4-8H2/t11-/m1/s1. The zero-order chi connectivity index (χ0) is 14.8. The molecule has 0 aliphatic carbocycles. The van der Waals surface area contributed by atoms with Crippen LogP contribution in [0.15, 0.2) is 22.7 Å². The van der Waals surface area contributed by atoms with Gasteiger partial charge in [0.15, 0.2) is 0 Å². The first kappa shape index (κ1) is 15.7. The Bertz CT molecular complexity index is 438. The van der Waals surface area contributed by atoms with Gasteiger partial charge < -0.3 is 5.32 Å². The van der Waals surface area contributed by atoms with E-state index in [-0.39, 0.29) is 5.56 Å². The summed E-state index contributed by atoms with van der Waals surface area (Å²) in [4.78, 5) is 1.69. The smallest absolute Gasteiger partial charge is 0.314 e. The van der Waals surface area contributed by atoms with Crippen LogP contribution in [0.4, 0.5) is 17.6 Å². The molecule has 0 saturated carbocycles. The van der Waals surface area contributed by atoms with Crippen molar-refractivity contribution in [2.75, 3.05) is 26.2 Å². The van der Waals surface area contributed by atoms with Crippen LogP contribution < -0.4 is 5.32 Å². The van der Waals surface area contributed by atoms with Crippen molar-refractivity contribution in [1.29, 1.82) is 0 Å². The first-order valence-corrected chi connectivity index (χ1v) is 7.13. The van der Waals surface area contributed by atoms with Crippen molar-refractivity contribution in [1.82, 2.24) is 10.2 Å². The minimum atomic E-state index is -4.34. The first-order valence-electron chi connectivity index (χ1n) is 6.34. The van der Waals surface area contributed by atoms with Crippen LogP contribution in [-0.2, 0) is 0 Å². The highest BCUT2D eigenvalue weighted by atomic mass is 79.9. The number of nitrogens with zero attached hydrogens (tertiary/aromatic N) is 1. The Morgan fingerprint density at radius 1 is 1.25 bits per heavy atom. The maximum atomic E-state index is 14.0. The fourth-order valence-corrected chi connectivity index (χ4v) is 3.06. The van der Waals surface area contributed by atoms with Crippen molar-refractivity contribution in [2.45, 2.75) is 18.6 Å². The maximum Gasteiger partial charge on any atom is 0.390 e. The molecular weight excluding hydrogens is 340 g/mol. The van der Waals surface area contributed by atoms with Gasteiger partial charge in [-0.3, -0.25) is 4.90 Å². The topological polar surface area (TPSA) is 15.3 Å². The van der Waals surface area contributed by atoms with Crippen LogP contribution in [0.3, 0.4) is 0 Å². The SMILES string of the molecule is Fc1cccc(Br)c1[C@@H](CC(F)(F)F)N1CCNCC1. The number of alkyl halides is 3. The van der Waals surface area contributed by atoms with Gasteiger partial charge >= 0.3 is 6.18 Å². The summed E-state index contributed by atoms with van der Waals surface area (Å²) in [6.45, 7) is 2.17. The molecule has 1 aliphatic heterocycles. The number of halogens is 5. The Morgan fingerprint density at radius 3 is 2.45 bits per heavy atom. The van der Waals surface area contributed by atoms with Crippen molar-refractivity contribution >= 4 is 15.9 Å². The third-order valence-corrected chi connectivity index (χ3v) is 4.04. The van der Waals surface area contributed by atoms with Crippen LogP contribution in [-0.4, -0.2) is 37.3 Å². The highest BCUT2D eigenvalue weighted by Crippen LogP contribution is 2.38. The molecule has 1 N–H and O–H groups in total. The van der Waals surface area contributed by atoms with E-state index < -0.39 is 24.5 Å². The van der Waals surface area contributed by atoms with Crippen molar-refractivity contribution in [3.8, 4) is 0 Å². The molecule has 1 aliphatic rings. The zero-order valence-corrected chi connectivity index (χ0v) is 12.3. The summed E-state index contributed by atoms with van der Waals surface area (Å²) in [7, 11) is 0. The second kappa shape index (κ2) is 6.41. The average Bonchev–Trinajstić information content (AvgIpc) is 2.37. The van der Waals surface area contributed by atoms with Gasteiger partial charge in [0.1, 0.15) is 5.82 Å². The van der Waals surface area contributed by atoms with Gasteiger partial charge in [-0.15, -0.1) is 0 Å². The predicted octanol–water partition coefficient (Wildman–Crippen LogP) is 3.49. The molecule has 2 rings (SSSR count). The monoisotopic (exact) mass is 354 g/mol. The number of rotatable bonds is 3. The van der Waals surface area contributed by atoms with E-state index in [1.165, 1.54) is 12.1 Å². The summed E-state index contributed by atoms with van der Waals surface area (Å²) in [5.74, 6) is -0.604. The van der Waals surface area contributed by atoms with Gasteiger partial charge in [0.2, 0.25) is 0 Å². The summed E-state index contributed by atoms with van der Waals surface area (Å²) in [6, 6.07) is 3.26. The lowest BCUT2D eigenvalue weighted by Crippen LogP contribution is -2.46. The summed E-state index contributed by atoms with van der Waals surface area (Å²) in [5.41, 5.74) is 0.0896. The fraction of sp³-hybridized carbons (Fsp3) is 0.538. The van der Waals surface area contributed by atoms with Gasteiger partial charge in [-0.25, -0.2) is 4.39 Å². The largest absolute Gasteiger partial charge is 0.390 e. The van der Waals surface area contributed by atoms with Crippen LogP contribution in [0.25, 0.3) is 0 Å². The molecule has 1 fully saturated rings. The molecule has 7 heteroatoms. The molecule has 1 heterocycles. The summed E-state index contributed by atoms with van der Waals surface area (Å²) in [5, 5.41) is 3.08. The molecule has 2 nitrogen and oxygen atoms in total. The Kier molecular flexibility index (Phi) is 5.04. The normalized spacial score (nSPS) is 19.1. The molecule has 0 aromatic heterocycles. The van der Waals surface area contributed by atoms with E-state index in [9.17, 15) is 17.6 Å². The highest BCUT2D eigenvalue weighted by molar-refractivity contribution is 9.10. The summed E-state index contributed by atoms with van der Waals surface area (Å²) < 4.78 is 52.9. The van der Waals surface area contributed by atoms with E-state index in [2.05, 4.69) is 21.2 Å². The highest BCUT2D eigenvalue weighted by Gasteiger charge is 2.37. The van der Waals surface area contributed by atoms with Crippen LogP contribution in [0.2, 0.25) is 0 Å². The summed E-state index contributed by atoms with van der Waals surface area (Å²) >= 11 is 3.17. The van der Waals surface area contributed by atoms with E-state index in [4.69, 9.17) is 0 Å². The molecule has 1 aromatic carbocycles. The second-order valence-electron chi connectivity index (χ2n) is 4.76. The molecular formula is C13H15BrF4N2. The molecule has 0 bridgehead atoms. The molecule has 20 heavy (non-hydrogen) atoms. The first-order chi connectivity index (χ1) is 9.38.